The molecule has 150 valence electrons. The van der Waals surface area contributed by atoms with Gasteiger partial charge in [-0.2, -0.15) is 0 Å². The first-order valence-corrected chi connectivity index (χ1v) is 10.1. The third-order valence-electron chi connectivity index (χ3n) is 5.87. The second-order valence-corrected chi connectivity index (χ2v) is 7.97. The van der Waals surface area contributed by atoms with Crippen molar-refractivity contribution in [2.24, 2.45) is 0 Å². The summed E-state index contributed by atoms with van der Waals surface area (Å²) in [7, 11) is 0. The van der Waals surface area contributed by atoms with Crippen LogP contribution in [0.1, 0.15) is 30.9 Å². The minimum Gasteiger partial charge on any atom is -0.450 e. The summed E-state index contributed by atoms with van der Waals surface area (Å²) in [5.41, 5.74) is 3.20. The lowest BCUT2D eigenvalue weighted by Crippen LogP contribution is -2.47. The molecule has 5 heteroatoms. The fourth-order valence-corrected chi connectivity index (χ4v) is 4.22. The summed E-state index contributed by atoms with van der Waals surface area (Å²) in [5, 5.41) is 2.94. The van der Waals surface area contributed by atoms with Crippen molar-refractivity contribution in [2.75, 3.05) is 18.4 Å². The Morgan fingerprint density at radius 3 is 2.34 bits per heavy atom. The lowest BCUT2D eigenvalue weighted by molar-refractivity contribution is -0.150. The van der Waals surface area contributed by atoms with Gasteiger partial charge in [0.15, 0.2) is 0 Å². The number of anilines is 1. The maximum atomic E-state index is 13.1. The van der Waals surface area contributed by atoms with Crippen LogP contribution in [0.3, 0.4) is 0 Å². The number of esters is 1. The summed E-state index contributed by atoms with van der Waals surface area (Å²) in [4.78, 5) is 27.8. The SMILES string of the molecule is CC1=C(C(=O)Nc2ccc(C)cc2)C2(CCN(Cc3ccccc3)CC2)OC1=O. The maximum absolute atomic E-state index is 13.1. The number of hydrogen-bond donors (Lipinski definition) is 1. The molecule has 2 aliphatic heterocycles. The largest absolute Gasteiger partial charge is 0.450 e. The molecule has 29 heavy (non-hydrogen) atoms. The molecule has 5 nitrogen and oxygen atoms in total. The molecule has 0 saturated carbocycles. The smallest absolute Gasteiger partial charge is 0.335 e. The van der Waals surface area contributed by atoms with E-state index in [0.717, 1.165) is 30.9 Å². The molecule has 2 aromatic carbocycles. The molecule has 2 heterocycles. The highest BCUT2D eigenvalue weighted by Gasteiger charge is 2.50. The molecular formula is C24H26N2O3. The molecule has 1 fully saturated rings. The Bertz CT molecular complexity index is 940. The average molecular weight is 390 g/mol. The Balaban J connectivity index is 1.48. The van der Waals surface area contributed by atoms with E-state index in [9.17, 15) is 9.59 Å². The molecule has 0 bridgehead atoms. The number of ether oxygens (including phenoxy) is 1. The predicted octanol–water partition coefficient (Wildman–Crippen LogP) is 3.84. The van der Waals surface area contributed by atoms with Gasteiger partial charge in [0.1, 0.15) is 5.60 Å². The lowest BCUT2D eigenvalue weighted by atomic mass is 9.82. The van der Waals surface area contributed by atoms with E-state index >= 15 is 0 Å². The number of amides is 1. The number of carbonyl (C=O) groups excluding carboxylic acids is 2. The molecule has 4 rings (SSSR count). The minimum absolute atomic E-state index is 0.242. The van der Waals surface area contributed by atoms with E-state index in [2.05, 4.69) is 22.3 Å². The van der Waals surface area contributed by atoms with Gasteiger partial charge in [-0.05, 0) is 31.5 Å². The van der Waals surface area contributed by atoms with Crippen molar-refractivity contribution in [2.45, 2.75) is 38.8 Å². The van der Waals surface area contributed by atoms with Gasteiger partial charge in [-0.3, -0.25) is 9.69 Å². The maximum Gasteiger partial charge on any atom is 0.335 e. The van der Waals surface area contributed by atoms with Crippen molar-refractivity contribution in [3.63, 3.8) is 0 Å². The van der Waals surface area contributed by atoms with Crippen LogP contribution in [0.25, 0.3) is 0 Å². The second-order valence-electron chi connectivity index (χ2n) is 7.97. The number of nitrogens with zero attached hydrogens (tertiary/aromatic N) is 1. The molecule has 0 radical (unpaired) electrons. The van der Waals surface area contributed by atoms with Crippen LogP contribution >= 0.6 is 0 Å². The van der Waals surface area contributed by atoms with Crippen LogP contribution in [0.5, 0.6) is 0 Å². The van der Waals surface area contributed by atoms with Crippen molar-refractivity contribution >= 4 is 17.6 Å². The van der Waals surface area contributed by atoms with Crippen molar-refractivity contribution in [1.29, 1.82) is 0 Å². The van der Waals surface area contributed by atoms with Gasteiger partial charge in [-0.1, -0.05) is 48.0 Å². The van der Waals surface area contributed by atoms with E-state index < -0.39 is 5.60 Å². The Morgan fingerprint density at radius 2 is 1.69 bits per heavy atom. The lowest BCUT2D eigenvalue weighted by Gasteiger charge is -2.39. The van der Waals surface area contributed by atoms with Gasteiger partial charge in [0, 0.05) is 43.7 Å². The minimum atomic E-state index is -0.816. The molecule has 0 aliphatic carbocycles. The molecule has 2 aliphatic rings. The first kappa shape index (κ1) is 19.4. The van der Waals surface area contributed by atoms with Crippen molar-refractivity contribution in [3.05, 3.63) is 76.9 Å². The van der Waals surface area contributed by atoms with Crippen LogP contribution in [0.4, 0.5) is 5.69 Å². The van der Waals surface area contributed by atoms with Gasteiger partial charge in [-0.15, -0.1) is 0 Å². The number of hydrogen-bond acceptors (Lipinski definition) is 4. The number of benzene rings is 2. The van der Waals surface area contributed by atoms with Crippen LogP contribution < -0.4 is 5.32 Å². The van der Waals surface area contributed by atoms with E-state index in [1.165, 1.54) is 5.56 Å². The Hall–Kier alpha value is -2.92. The Kier molecular flexibility index (Phi) is 5.24. The highest BCUT2D eigenvalue weighted by atomic mass is 16.6. The molecule has 1 spiro atoms. The summed E-state index contributed by atoms with van der Waals surface area (Å²) in [5.74, 6) is -0.621. The van der Waals surface area contributed by atoms with Crippen LogP contribution in [-0.4, -0.2) is 35.5 Å². The normalized spacial score (nSPS) is 18.8. The van der Waals surface area contributed by atoms with Crippen LogP contribution in [0.15, 0.2) is 65.7 Å². The summed E-state index contributed by atoms with van der Waals surface area (Å²) in [6.45, 7) is 6.10. The van der Waals surface area contributed by atoms with E-state index in [1.54, 1.807) is 6.92 Å². The van der Waals surface area contributed by atoms with Gasteiger partial charge in [0.2, 0.25) is 0 Å². The third kappa shape index (κ3) is 3.96. The second kappa shape index (κ2) is 7.84. The van der Waals surface area contributed by atoms with Gasteiger partial charge in [-0.25, -0.2) is 4.79 Å². The van der Waals surface area contributed by atoms with E-state index in [0.29, 0.717) is 24.0 Å². The highest BCUT2D eigenvalue weighted by molar-refractivity contribution is 6.12. The third-order valence-corrected chi connectivity index (χ3v) is 5.87. The average Bonchev–Trinajstić information content (AvgIpc) is 2.96. The molecule has 1 saturated heterocycles. The summed E-state index contributed by atoms with van der Waals surface area (Å²) in [6.07, 6.45) is 1.25. The van der Waals surface area contributed by atoms with Gasteiger partial charge < -0.3 is 10.1 Å². The zero-order valence-electron chi connectivity index (χ0n) is 16.9. The first-order chi connectivity index (χ1) is 14.0. The molecule has 1 amide bonds. The van der Waals surface area contributed by atoms with E-state index in [1.807, 2.05) is 49.4 Å². The molecule has 0 aromatic heterocycles. The quantitative estimate of drug-likeness (QED) is 0.806. The number of piperidine rings is 1. The number of likely N-dealkylation sites (tertiary alicyclic amines) is 1. The molecule has 2 aromatic rings. The van der Waals surface area contributed by atoms with Gasteiger partial charge >= 0.3 is 5.97 Å². The van der Waals surface area contributed by atoms with Crippen molar-refractivity contribution < 1.29 is 14.3 Å². The van der Waals surface area contributed by atoms with Crippen molar-refractivity contribution in [3.8, 4) is 0 Å². The highest BCUT2D eigenvalue weighted by Crippen LogP contribution is 2.41. The molecule has 0 atom stereocenters. The molecule has 0 unspecified atom stereocenters. The van der Waals surface area contributed by atoms with E-state index in [4.69, 9.17) is 4.74 Å². The number of rotatable bonds is 4. The summed E-state index contributed by atoms with van der Waals surface area (Å²) >= 11 is 0. The van der Waals surface area contributed by atoms with Gasteiger partial charge in [0.25, 0.3) is 5.91 Å². The number of nitrogens with one attached hydrogen (secondary N) is 1. The zero-order chi connectivity index (χ0) is 20.4. The predicted molar refractivity (Wildman–Crippen MR) is 112 cm³/mol. The van der Waals surface area contributed by atoms with E-state index in [-0.39, 0.29) is 11.9 Å². The molecule has 1 N–H and O–H groups in total. The van der Waals surface area contributed by atoms with Gasteiger partial charge in [0.05, 0.1) is 5.57 Å². The monoisotopic (exact) mass is 390 g/mol. The van der Waals surface area contributed by atoms with Crippen molar-refractivity contribution in [1.82, 2.24) is 4.90 Å². The Morgan fingerprint density at radius 1 is 1.03 bits per heavy atom. The number of aryl methyl sites for hydroxylation is 1. The zero-order valence-corrected chi connectivity index (χ0v) is 16.9. The van der Waals surface area contributed by atoms with Crippen LogP contribution in [0.2, 0.25) is 0 Å². The van der Waals surface area contributed by atoms with Crippen LogP contribution in [0, 0.1) is 6.92 Å². The molecular weight excluding hydrogens is 364 g/mol. The fourth-order valence-electron chi connectivity index (χ4n) is 4.22. The topological polar surface area (TPSA) is 58.6 Å². The standard InChI is InChI=1S/C24H26N2O3/c1-17-8-10-20(11-9-17)25-22(27)21-18(2)23(28)29-24(21)12-14-26(15-13-24)16-19-6-4-3-5-7-19/h3-11H,12-16H2,1-2H3,(H,25,27). The summed E-state index contributed by atoms with van der Waals surface area (Å²) < 4.78 is 5.79. The summed E-state index contributed by atoms with van der Waals surface area (Å²) in [6, 6.07) is 18.0. The first-order valence-electron chi connectivity index (χ1n) is 10.1. The fraction of sp³-hybridized carbons (Fsp3) is 0.333. The van der Waals surface area contributed by atoms with Crippen LogP contribution in [-0.2, 0) is 20.9 Å². The Labute approximate surface area is 171 Å². The number of carbonyl (C=O) groups is 2.